The fraction of sp³-hybridized carbons (Fsp3) is 0.0476. The number of para-hydroxylation sites is 2. The summed E-state index contributed by atoms with van der Waals surface area (Å²) in [5.74, 6) is 0. The molecule has 0 fully saturated rings. The summed E-state index contributed by atoms with van der Waals surface area (Å²) in [6, 6.07) is 27.1. The normalized spacial score (nSPS) is 10.1. The molecule has 3 aromatic rings. The Kier molecular flexibility index (Phi) is 4.44. The molecule has 0 bridgehead atoms. The van der Waals surface area contributed by atoms with Crippen LogP contribution in [-0.4, -0.2) is 7.05 Å². The largest absolute Gasteiger partial charge is 0.354 e. The van der Waals surface area contributed by atoms with Crippen LogP contribution >= 0.6 is 0 Å². The molecule has 3 aromatic carbocycles. The Morgan fingerprint density at radius 3 is 2.09 bits per heavy atom. The summed E-state index contributed by atoms with van der Waals surface area (Å²) in [5, 5.41) is 3.48. The Hall–Kier alpha value is -3.00. The standard InChI is InChI=1S/C21H20N2/c1-3-23(2)21-12-8-7-11-20(21)22-19-15-13-18(14-16-19)17-9-5-4-6-10-17/h3-16,22H,1H2,2H3. The van der Waals surface area contributed by atoms with E-state index in [4.69, 9.17) is 0 Å². The molecular weight excluding hydrogens is 280 g/mol. The van der Waals surface area contributed by atoms with E-state index >= 15 is 0 Å². The molecule has 0 unspecified atom stereocenters. The maximum Gasteiger partial charge on any atom is 0.0642 e. The maximum absolute atomic E-state index is 3.83. The number of hydrogen-bond acceptors (Lipinski definition) is 2. The molecule has 114 valence electrons. The van der Waals surface area contributed by atoms with E-state index in [1.165, 1.54) is 11.1 Å². The maximum atomic E-state index is 3.83. The number of hydrogen-bond donors (Lipinski definition) is 1. The van der Waals surface area contributed by atoms with Crippen molar-refractivity contribution in [2.24, 2.45) is 0 Å². The highest BCUT2D eigenvalue weighted by atomic mass is 15.1. The minimum Gasteiger partial charge on any atom is -0.354 e. The van der Waals surface area contributed by atoms with Crippen LogP contribution < -0.4 is 10.2 Å². The zero-order valence-electron chi connectivity index (χ0n) is 13.2. The van der Waals surface area contributed by atoms with Crippen molar-refractivity contribution in [2.45, 2.75) is 0 Å². The Morgan fingerprint density at radius 1 is 0.783 bits per heavy atom. The summed E-state index contributed by atoms with van der Waals surface area (Å²) < 4.78 is 0. The van der Waals surface area contributed by atoms with Gasteiger partial charge in [0.2, 0.25) is 0 Å². The fourth-order valence-corrected chi connectivity index (χ4v) is 2.52. The highest BCUT2D eigenvalue weighted by Crippen LogP contribution is 2.29. The molecule has 0 saturated heterocycles. The first-order chi connectivity index (χ1) is 11.3. The van der Waals surface area contributed by atoms with Crippen LogP contribution in [0.1, 0.15) is 0 Å². The van der Waals surface area contributed by atoms with Crippen LogP contribution in [0.25, 0.3) is 11.1 Å². The smallest absolute Gasteiger partial charge is 0.0642 e. The van der Waals surface area contributed by atoms with E-state index in [1.807, 2.05) is 30.1 Å². The molecule has 0 aromatic heterocycles. The van der Waals surface area contributed by atoms with Gasteiger partial charge in [0.1, 0.15) is 0 Å². The van der Waals surface area contributed by atoms with E-state index in [-0.39, 0.29) is 0 Å². The van der Waals surface area contributed by atoms with Crippen LogP contribution in [0.2, 0.25) is 0 Å². The van der Waals surface area contributed by atoms with Gasteiger partial charge < -0.3 is 10.2 Å². The first-order valence-corrected chi connectivity index (χ1v) is 7.65. The van der Waals surface area contributed by atoms with Gasteiger partial charge >= 0.3 is 0 Å². The summed E-state index contributed by atoms with van der Waals surface area (Å²) >= 11 is 0. The Bertz CT molecular complexity index is 776. The summed E-state index contributed by atoms with van der Waals surface area (Å²) in [5.41, 5.74) is 5.66. The number of benzene rings is 3. The highest BCUT2D eigenvalue weighted by Gasteiger charge is 2.05. The molecule has 0 aliphatic rings. The van der Waals surface area contributed by atoms with Crippen LogP contribution in [0.15, 0.2) is 91.6 Å². The van der Waals surface area contributed by atoms with E-state index < -0.39 is 0 Å². The van der Waals surface area contributed by atoms with E-state index in [0.717, 1.165) is 17.1 Å². The molecule has 0 aliphatic heterocycles. The average molecular weight is 300 g/mol. The van der Waals surface area contributed by atoms with Crippen molar-refractivity contribution in [3.05, 3.63) is 91.6 Å². The van der Waals surface area contributed by atoms with Gasteiger partial charge in [-0.05, 0) is 41.6 Å². The minimum atomic E-state index is 1.06. The summed E-state index contributed by atoms with van der Waals surface area (Å²) in [7, 11) is 1.99. The van der Waals surface area contributed by atoms with Crippen LogP contribution in [0.5, 0.6) is 0 Å². The molecule has 3 rings (SSSR count). The number of nitrogens with one attached hydrogen (secondary N) is 1. The van der Waals surface area contributed by atoms with Gasteiger partial charge in [0.05, 0.1) is 11.4 Å². The Morgan fingerprint density at radius 2 is 1.39 bits per heavy atom. The monoisotopic (exact) mass is 300 g/mol. The average Bonchev–Trinajstić information content (AvgIpc) is 2.63. The molecule has 23 heavy (non-hydrogen) atoms. The van der Waals surface area contributed by atoms with Crippen molar-refractivity contribution in [2.75, 3.05) is 17.3 Å². The van der Waals surface area contributed by atoms with Gasteiger partial charge in [-0.15, -0.1) is 0 Å². The van der Waals surface area contributed by atoms with E-state index in [2.05, 4.69) is 72.6 Å². The zero-order chi connectivity index (χ0) is 16.1. The number of nitrogens with zero attached hydrogens (tertiary/aromatic N) is 1. The lowest BCUT2D eigenvalue weighted by molar-refractivity contribution is 1.21. The molecule has 0 heterocycles. The number of rotatable bonds is 5. The molecule has 0 saturated carbocycles. The number of anilines is 3. The van der Waals surface area contributed by atoms with Gasteiger partial charge in [-0.2, -0.15) is 0 Å². The first-order valence-electron chi connectivity index (χ1n) is 7.65. The molecule has 0 spiro atoms. The van der Waals surface area contributed by atoms with Gasteiger partial charge in [0.25, 0.3) is 0 Å². The van der Waals surface area contributed by atoms with Crippen LogP contribution in [0, 0.1) is 0 Å². The second-order valence-corrected chi connectivity index (χ2v) is 5.38. The van der Waals surface area contributed by atoms with Crippen molar-refractivity contribution in [3.63, 3.8) is 0 Å². The molecule has 1 N–H and O–H groups in total. The zero-order valence-corrected chi connectivity index (χ0v) is 13.2. The van der Waals surface area contributed by atoms with Gasteiger partial charge in [-0.1, -0.05) is 61.2 Å². The van der Waals surface area contributed by atoms with Gasteiger partial charge in [-0.25, -0.2) is 0 Å². The lowest BCUT2D eigenvalue weighted by atomic mass is 10.1. The van der Waals surface area contributed by atoms with Gasteiger partial charge in [0.15, 0.2) is 0 Å². The van der Waals surface area contributed by atoms with E-state index in [1.54, 1.807) is 6.20 Å². The van der Waals surface area contributed by atoms with Crippen LogP contribution in [-0.2, 0) is 0 Å². The first kappa shape index (κ1) is 14.9. The van der Waals surface area contributed by atoms with Crippen LogP contribution in [0.3, 0.4) is 0 Å². The Balaban J connectivity index is 1.83. The van der Waals surface area contributed by atoms with E-state index in [0.29, 0.717) is 0 Å². The van der Waals surface area contributed by atoms with Gasteiger partial charge in [-0.3, -0.25) is 0 Å². The van der Waals surface area contributed by atoms with Crippen LogP contribution in [0.4, 0.5) is 17.1 Å². The van der Waals surface area contributed by atoms with Crippen molar-refractivity contribution < 1.29 is 0 Å². The molecule has 0 atom stereocenters. The topological polar surface area (TPSA) is 15.3 Å². The molecule has 0 amide bonds. The fourth-order valence-electron chi connectivity index (χ4n) is 2.52. The lowest BCUT2D eigenvalue weighted by Gasteiger charge is -2.19. The Labute approximate surface area is 137 Å². The molecule has 0 radical (unpaired) electrons. The predicted molar refractivity (Wildman–Crippen MR) is 100 cm³/mol. The van der Waals surface area contributed by atoms with Crippen molar-refractivity contribution >= 4 is 17.1 Å². The molecule has 2 heteroatoms. The molecular formula is C21H20N2. The summed E-state index contributed by atoms with van der Waals surface area (Å²) in [6.07, 6.45) is 1.80. The van der Waals surface area contributed by atoms with Gasteiger partial charge in [0, 0.05) is 12.7 Å². The third-order valence-electron chi connectivity index (χ3n) is 3.83. The lowest BCUT2D eigenvalue weighted by Crippen LogP contribution is -2.09. The minimum absolute atomic E-state index is 1.06. The summed E-state index contributed by atoms with van der Waals surface area (Å²) in [4.78, 5) is 2.00. The third kappa shape index (κ3) is 3.43. The van der Waals surface area contributed by atoms with E-state index in [9.17, 15) is 0 Å². The second-order valence-electron chi connectivity index (χ2n) is 5.38. The van der Waals surface area contributed by atoms with Crippen molar-refractivity contribution in [3.8, 4) is 11.1 Å². The summed E-state index contributed by atoms with van der Waals surface area (Å²) in [6.45, 7) is 3.83. The SMILES string of the molecule is C=CN(C)c1ccccc1Nc1ccc(-c2ccccc2)cc1. The van der Waals surface area contributed by atoms with Crippen molar-refractivity contribution in [1.29, 1.82) is 0 Å². The molecule has 0 aliphatic carbocycles. The quantitative estimate of drug-likeness (QED) is 0.652. The predicted octanol–water partition coefficient (Wildman–Crippen LogP) is 5.68. The second kappa shape index (κ2) is 6.84. The molecule has 2 nitrogen and oxygen atoms in total. The third-order valence-corrected chi connectivity index (χ3v) is 3.83. The highest BCUT2D eigenvalue weighted by molar-refractivity contribution is 5.76. The van der Waals surface area contributed by atoms with Crippen molar-refractivity contribution in [1.82, 2.24) is 0 Å².